The summed E-state index contributed by atoms with van der Waals surface area (Å²) in [5.74, 6) is 0.410. The number of alkyl halides is 3. The number of carbonyl (C=O) groups is 2. The minimum Gasteiger partial charge on any atom is -0.481 e. The topological polar surface area (TPSA) is 112 Å². The third-order valence-electron chi connectivity index (χ3n) is 9.92. The Hall–Kier alpha value is -4.68. The largest absolute Gasteiger partial charge is 0.481 e. The van der Waals surface area contributed by atoms with Crippen LogP contribution < -0.4 is 24.8 Å². The fraction of sp³-hybridized carbons (Fsp3) is 0.400. The van der Waals surface area contributed by atoms with Crippen LogP contribution in [0.4, 0.5) is 13.2 Å². The Morgan fingerprint density at radius 1 is 0.925 bits per heavy atom. The zero-order chi connectivity index (χ0) is 37.7. The van der Waals surface area contributed by atoms with E-state index in [1.165, 1.54) is 14.2 Å². The quantitative estimate of drug-likeness (QED) is 0.133. The number of aromatic nitrogens is 2. The van der Waals surface area contributed by atoms with Gasteiger partial charge in [0.25, 0.3) is 0 Å². The second-order valence-electron chi connectivity index (χ2n) is 13.4. The number of nitrogens with one attached hydrogen (secondary N) is 2. The highest BCUT2D eigenvalue weighted by molar-refractivity contribution is 6.36. The van der Waals surface area contributed by atoms with Crippen LogP contribution in [-0.4, -0.2) is 49.5 Å². The lowest BCUT2D eigenvalue weighted by molar-refractivity contribution is -0.139. The number of amides is 1. The molecule has 2 aromatic heterocycles. The van der Waals surface area contributed by atoms with Gasteiger partial charge in [-0.2, -0.15) is 18.2 Å². The van der Waals surface area contributed by atoms with E-state index in [1.54, 1.807) is 7.11 Å². The molecule has 53 heavy (non-hydrogen) atoms. The molecule has 2 aliphatic rings. The number of aryl methyl sites for hydroxylation is 1. The standard InChI is InChI=1S/C40H42ClF3N4O5/c1-45-35(50)12-4-7-24-20-32(40(42,43)44)39(48-37(24)51-2)53-34-18-16-28-27(8-5-9-29(28)34)30-10-6-11-31(36(30)41)33-17-14-25(38(47-33)52-3)22-46-21-23-13-15-26(49)19-23/h5-6,8-11,14,17,20,23,34,46H,4,7,12-13,15-16,18-19,21-22H2,1-3H3,(H,45,50)/t23-,34+/m1/s1. The van der Waals surface area contributed by atoms with Crippen LogP contribution in [0.3, 0.4) is 0 Å². The maximum Gasteiger partial charge on any atom is 0.421 e. The highest BCUT2D eigenvalue weighted by atomic mass is 35.5. The molecule has 0 unspecified atom stereocenters. The van der Waals surface area contributed by atoms with Crippen molar-refractivity contribution in [1.82, 2.24) is 20.6 Å². The number of rotatable bonds is 14. The number of methoxy groups -OCH3 is 2. The molecule has 13 heteroatoms. The zero-order valence-corrected chi connectivity index (χ0v) is 30.6. The Labute approximate surface area is 311 Å². The second-order valence-corrected chi connectivity index (χ2v) is 13.7. The Bertz CT molecular complexity index is 1990. The van der Waals surface area contributed by atoms with Gasteiger partial charge in [0, 0.05) is 55.1 Å². The number of Topliss-reactive ketones (excluding diaryl/α,β-unsaturated/α-hetero) is 1. The van der Waals surface area contributed by atoms with Crippen molar-refractivity contribution in [2.75, 3.05) is 27.8 Å². The number of carbonyl (C=O) groups excluding carboxylic acids is 2. The summed E-state index contributed by atoms with van der Waals surface area (Å²) in [4.78, 5) is 32.3. The summed E-state index contributed by atoms with van der Waals surface area (Å²) in [6, 6.07) is 16.2. The molecule has 0 bridgehead atoms. The molecular formula is C40H42ClF3N4O5. The van der Waals surface area contributed by atoms with Gasteiger partial charge in [-0.3, -0.25) is 9.59 Å². The number of nitrogens with zero attached hydrogens (tertiary/aromatic N) is 2. The zero-order valence-electron chi connectivity index (χ0n) is 29.9. The van der Waals surface area contributed by atoms with E-state index in [0.29, 0.717) is 72.5 Å². The van der Waals surface area contributed by atoms with Crippen LogP contribution in [-0.2, 0) is 35.2 Å². The fourth-order valence-corrected chi connectivity index (χ4v) is 7.53. The summed E-state index contributed by atoms with van der Waals surface area (Å²) in [5.41, 5.74) is 4.77. The van der Waals surface area contributed by atoms with Gasteiger partial charge in [0.05, 0.1) is 24.9 Å². The van der Waals surface area contributed by atoms with E-state index < -0.39 is 23.7 Å². The van der Waals surface area contributed by atoms with Gasteiger partial charge in [0.15, 0.2) is 0 Å². The molecule has 2 atom stereocenters. The summed E-state index contributed by atoms with van der Waals surface area (Å²) >= 11 is 7.11. The number of fused-ring (bicyclic) bond motifs is 1. The van der Waals surface area contributed by atoms with Crippen molar-refractivity contribution in [1.29, 1.82) is 0 Å². The number of hydrogen-bond acceptors (Lipinski definition) is 8. The highest BCUT2D eigenvalue weighted by Gasteiger charge is 2.38. The number of ketones is 1. The van der Waals surface area contributed by atoms with E-state index in [9.17, 15) is 22.8 Å². The molecule has 2 aromatic carbocycles. The minimum absolute atomic E-state index is 0.0248. The van der Waals surface area contributed by atoms with Crippen LogP contribution in [0.1, 0.15) is 72.4 Å². The van der Waals surface area contributed by atoms with Crippen molar-refractivity contribution < 1.29 is 37.0 Å². The maximum absolute atomic E-state index is 14.4. The lowest BCUT2D eigenvalue weighted by atomic mass is 9.94. The van der Waals surface area contributed by atoms with Crippen LogP contribution in [0.2, 0.25) is 5.02 Å². The van der Waals surface area contributed by atoms with E-state index >= 15 is 0 Å². The first-order valence-corrected chi connectivity index (χ1v) is 18.1. The Balaban J connectivity index is 1.24. The van der Waals surface area contributed by atoms with E-state index in [0.717, 1.165) is 46.8 Å². The monoisotopic (exact) mass is 750 g/mol. The van der Waals surface area contributed by atoms with Crippen molar-refractivity contribution in [3.8, 4) is 40.0 Å². The molecule has 6 rings (SSSR count). The first-order valence-electron chi connectivity index (χ1n) is 17.7. The third kappa shape index (κ3) is 8.60. The first kappa shape index (κ1) is 38.1. The molecule has 4 aromatic rings. The first-order chi connectivity index (χ1) is 25.5. The van der Waals surface area contributed by atoms with Gasteiger partial charge in [-0.05, 0) is 73.4 Å². The summed E-state index contributed by atoms with van der Waals surface area (Å²) in [7, 11) is 4.42. The molecule has 2 aliphatic carbocycles. The fourth-order valence-electron chi connectivity index (χ4n) is 7.21. The molecule has 2 heterocycles. The number of benzene rings is 2. The molecule has 0 aliphatic heterocycles. The summed E-state index contributed by atoms with van der Waals surface area (Å²) in [6.07, 6.45) is -1.58. The van der Waals surface area contributed by atoms with Gasteiger partial charge in [-0.1, -0.05) is 54.1 Å². The molecule has 1 fully saturated rings. The van der Waals surface area contributed by atoms with Gasteiger partial charge in [-0.15, -0.1) is 0 Å². The van der Waals surface area contributed by atoms with E-state index in [1.807, 2.05) is 48.5 Å². The van der Waals surface area contributed by atoms with Crippen molar-refractivity contribution in [2.45, 2.75) is 70.2 Å². The summed E-state index contributed by atoms with van der Waals surface area (Å²) in [5, 5.41) is 6.42. The van der Waals surface area contributed by atoms with Crippen LogP contribution in [0.25, 0.3) is 22.4 Å². The average Bonchev–Trinajstić information content (AvgIpc) is 3.76. The molecular weight excluding hydrogens is 709 g/mol. The predicted octanol–water partition coefficient (Wildman–Crippen LogP) is 8.09. The lowest BCUT2D eigenvalue weighted by Crippen LogP contribution is -2.21. The molecule has 0 saturated heterocycles. The van der Waals surface area contributed by atoms with E-state index in [4.69, 9.17) is 30.8 Å². The number of halogens is 4. The lowest BCUT2D eigenvalue weighted by Gasteiger charge is -2.20. The second kappa shape index (κ2) is 16.6. The number of ether oxygens (including phenoxy) is 3. The highest BCUT2D eigenvalue weighted by Crippen LogP contribution is 2.46. The Morgan fingerprint density at radius 2 is 1.66 bits per heavy atom. The molecule has 0 spiro atoms. The smallest absolute Gasteiger partial charge is 0.421 e. The normalized spacial score (nSPS) is 16.8. The average molecular weight is 751 g/mol. The van der Waals surface area contributed by atoms with Crippen molar-refractivity contribution in [3.05, 3.63) is 87.4 Å². The van der Waals surface area contributed by atoms with Gasteiger partial charge >= 0.3 is 6.18 Å². The molecule has 9 nitrogen and oxygen atoms in total. The molecule has 1 saturated carbocycles. The van der Waals surface area contributed by atoms with Gasteiger partial charge < -0.3 is 24.8 Å². The Morgan fingerprint density at radius 3 is 2.38 bits per heavy atom. The maximum atomic E-state index is 14.4. The van der Waals surface area contributed by atoms with E-state index in [-0.39, 0.29) is 30.2 Å². The van der Waals surface area contributed by atoms with Crippen LogP contribution in [0, 0.1) is 5.92 Å². The molecule has 2 N–H and O–H groups in total. The SMILES string of the molecule is CNC(=O)CCCc1cc(C(F)(F)F)c(O[C@H]2CCc3c(-c4cccc(-c5ccc(CNC[C@@H]6CCC(=O)C6)c(OC)n5)c4Cl)cccc32)nc1OC. The predicted molar refractivity (Wildman–Crippen MR) is 195 cm³/mol. The molecule has 280 valence electrons. The van der Waals surface area contributed by atoms with Crippen LogP contribution in [0.5, 0.6) is 17.6 Å². The number of pyridine rings is 2. The number of hydrogen-bond donors (Lipinski definition) is 2. The van der Waals surface area contributed by atoms with Gasteiger partial charge in [0.2, 0.25) is 23.5 Å². The summed E-state index contributed by atoms with van der Waals surface area (Å²) in [6.45, 7) is 1.30. The van der Waals surface area contributed by atoms with Crippen molar-refractivity contribution >= 4 is 23.3 Å². The molecule has 0 radical (unpaired) electrons. The third-order valence-corrected chi connectivity index (χ3v) is 10.3. The Kier molecular flexibility index (Phi) is 11.9. The van der Waals surface area contributed by atoms with Crippen molar-refractivity contribution in [3.63, 3.8) is 0 Å². The van der Waals surface area contributed by atoms with Gasteiger partial charge in [0.1, 0.15) is 17.5 Å². The molecule has 1 amide bonds. The van der Waals surface area contributed by atoms with Crippen molar-refractivity contribution in [2.24, 2.45) is 5.92 Å². The minimum atomic E-state index is -4.73. The van der Waals surface area contributed by atoms with Gasteiger partial charge in [-0.25, -0.2) is 4.98 Å². The van der Waals surface area contributed by atoms with Crippen LogP contribution in [0.15, 0.2) is 54.6 Å². The van der Waals surface area contributed by atoms with Crippen LogP contribution >= 0.6 is 11.6 Å². The summed E-state index contributed by atoms with van der Waals surface area (Å²) < 4.78 is 60.2. The van der Waals surface area contributed by atoms with E-state index in [2.05, 4.69) is 15.6 Å².